The van der Waals surface area contributed by atoms with E-state index in [1.54, 1.807) is 0 Å². The van der Waals surface area contributed by atoms with E-state index < -0.39 is 0 Å². The molecular weight excluding hydrogens is 198 g/mol. The van der Waals surface area contributed by atoms with Crippen LogP contribution in [0, 0.1) is 0 Å². The lowest BCUT2D eigenvalue weighted by atomic mass is 10.1. The Bertz CT molecular complexity index is 86.7. The average Bonchev–Trinajstić information content (AvgIpc) is 2.30. The molecule has 0 aromatic carbocycles. The minimum atomic E-state index is 0. The lowest BCUT2D eigenvalue weighted by molar-refractivity contribution is 0.558. The normalized spacial score (nSPS) is 8.88. The molecule has 0 aliphatic carbocycles. The molecule has 0 aliphatic rings. The van der Waals surface area contributed by atoms with Gasteiger partial charge in [0.15, 0.2) is 0 Å². The Kier molecular flexibility index (Phi) is 31.6. The summed E-state index contributed by atoms with van der Waals surface area (Å²) < 4.78 is 0. The molecular formula is C14H33NO. The molecule has 0 saturated heterocycles. The van der Waals surface area contributed by atoms with Crippen LogP contribution in [-0.4, -0.2) is 12.0 Å². The molecule has 0 heterocycles. The summed E-state index contributed by atoms with van der Waals surface area (Å²) in [5.74, 6) is 0. The molecule has 0 bridgehead atoms. The van der Waals surface area contributed by atoms with Gasteiger partial charge in [0.25, 0.3) is 0 Å². The van der Waals surface area contributed by atoms with Crippen LogP contribution < -0.4 is 5.73 Å². The molecule has 0 aromatic heterocycles. The predicted molar refractivity (Wildman–Crippen MR) is 75.8 cm³/mol. The molecule has 0 aliphatic heterocycles. The number of hydrogen-bond donors (Lipinski definition) is 1. The van der Waals surface area contributed by atoms with Gasteiger partial charge >= 0.3 is 0 Å². The number of nitrogens with two attached hydrogens (primary N) is 1. The van der Waals surface area contributed by atoms with E-state index in [1.165, 1.54) is 64.2 Å². The van der Waals surface area contributed by atoms with Gasteiger partial charge in [-0.3, -0.25) is 0 Å². The molecule has 100 valence electrons. The molecule has 0 saturated carbocycles. The molecule has 0 fully saturated rings. The fraction of sp³-hybridized carbons (Fsp3) is 0.857. The zero-order valence-electron chi connectivity index (χ0n) is 11.3. The van der Waals surface area contributed by atoms with E-state index in [4.69, 9.17) is 5.73 Å². The van der Waals surface area contributed by atoms with Gasteiger partial charge in [0.1, 0.15) is 0 Å². The lowest BCUT2D eigenvalue weighted by Crippen LogP contribution is -1.97. The van der Waals surface area contributed by atoms with Crippen LogP contribution in [0.4, 0.5) is 0 Å². The van der Waals surface area contributed by atoms with Crippen molar-refractivity contribution in [3.05, 3.63) is 13.2 Å². The van der Waals surface area contributed by atoms with E-state index in [0.29, 0.717) is 0 Å². The maximum Gasteiger partial charge on any atom is -0.00773 e. The highest BCUT2D eigenvalue weighted by atomic mass is 16.0. The minimum Gasteiger partial charge on any atom is -0.412 e. The van der Waals surface area contributed by atoms with E-state index >= 15 is 0 Å². The van der Waals surface area contributed by atoms with Gasteiger partial charge in [-0.25, -0.2) is 0 Å². The van der Waals surface area contributed by atoms with Crippen molar-refractivity contribution in [1.82, 2.24) is 0 Å². The third-order valence-corrected chi connectivity index (χ3v) is 2.56. The van der Waals surface area contributed by atoms with Crippen LogP contribution in [0.5, 0.6) is 0 Å². The average molecular weight is 231 g/mol. The number of hydrogen-bond acceptors (Lipinski definition) is 1. The van der Waals surface area contributed by atoms with Gasteiger partial charge < -0.3 is 11.2 Å². The van der Waals surface area contributed by atoms with Gasteiger partial charge in [-0.15, -0.1) is 13.2 Å². The highest BCUT2D eigenvalue weighted by Crippen LogP contribution is 2.09. The molecule has 0 rings (SSSR count). The quantitative estimate of drug-likeness (QED) is 0.450. The first-order chi connectivity index (χ1) is 7.41. The first-order valence-electron chi connectivity index (χ1n) is 6.62. The van der Waals surface area contributed by atoms with Gasteiger partial charge in [0.2, 0.25) is 0 Å². The summed E-state index contributed by atoms with van der Waals surface area (Å²) in [6, 6.07) is 0. The van der Waals surface area contributed by atoms with E-state index in [2.05, 4.69) is 20.1 Å². The lowest BCUT2D eigenvalue weighted by Gasteiger charge is -2.00. The standard InChI is InChI=1S/C12H27N.C2H4.H2O/c1-2-3-4-5-6-7-8-9-10-11-12-13;1-2;/h2-13H2,1H3;1-2H2;1H2. The molecule has 0 spiro atoms. The molecule has 0 amide bonds. The first-order valence-corrected chi connectivity index (χ1v) is 6.62. The summed E-state index contributed by atoms with van der Waals surface area (Å²) in [4.78, 5) is 0. The van der Waals surface area contributed by atoms with E-state index in [-0.39, 0.29) is 5.48 Å². The molecule has 0 atom stereocenters. The minimum absolute atomic E-state index is 0. The first kappa shape index (κ1) is 21.0. The van der Waals surface area contributed by atoms with Crippen molar-refractivity contribution in [2.45, 2.75) is 71.1 Å². The fourth-order valence-corrected chi connectivity index (χ4v) is 1.63. The second-order valence-electron chi connectivity index (χ2n) is 3.97. The van der Waals surface area contributed by atoms with Crippen LogP contribution in [0.25, 0.3) is 0 Å². The molecule has 0 unspecified atom stereocenters. The monoisotopic (exact) mass is 231 g/mol. The number of unbranched alkanes of at least 4 members (excludes halogenated alkanes) is 9. The van der Waals surface area contributed by atoms with Crippen molar-refractivity contribution in [2.24, 2.45) is 5.73 Å². The second-order valence-corrected chi connectivity index (χ2v) is 3.97. The Morgan fingerprint density at radius 2 is 1.00 bits per heavy atom. The zero-order valence-corrected chi connectivity index (χ0v) is 11.3. The third-order valence-electron chi connectivity index (χ3n) is 2.56. The Hall–Kier alpha value is -0.340. The Morgan fingerprint density at radius 1 is 0.688 bits per heavy atom. The van der Waals surface area contributed by atoms with Crippen molar-refractivity contribution in [1.29, 1.82) is 0 Å². The van der Waals surface area contributed by atoms with Gasteiger partial charge in [-0.05, 0) is 13.0 Å². The van der Waals surface area contributed by atoms with E-state index in [0.717, 1.165) is 6.54 Å². The zero-order chi connectivity index (χ0) is 11.8. The Balaban J connectivity index is -0.000000529. The van der Waals surface area contributed by atoms with Crippen LogP contribution in [-0.2, 0) is 0 Å². The van der Waals surface area contributed by atoms with Crippen molar-refractivity contribution >= 4 is 0 Å². The summed E-state index contributed by atoms with van der Waals surface area (Å²) in [5.41, 5.74) is 5.42. The fourth-order valence-electron chi connectivity index (χ4n) is 1.63. The molecule has 2 heteroatoms. The highest BCUT2D eigenvalue weighted by molar-refractivity contribution is 4.47. The van der Waals surface area contributed by atoms with E-state index in [9.17, 15) is 0 Å². The van der Waals surface area contributed by atoms with Crippen LogP contribution in [0.2, 0.25) is 0 Å². The third kappa shape index (κ3) is 23.5. The van der Waals surface area contributed by atoms with Crippen LogP contribution >= 0.6 is 0 Å². The molecule has 4 N–H and O–H groups in total. The molecule has 2 nitrogen and oxygen atoms in total. The summed E-state index contributed by atoms with van der Waals surface area (Å²) >= 11 is 0. The maximum absolute atomic E-state index is 5.42. The maximum atomic E-state index is 5.42. The van der Waals surface area contributed by atoms with Crippen LogP contribution in [0.1, 0.15) is 71.1 Å². The Labute approximate surface area is 103 Å². The van der Waals surface area contributed by atoms with Gasteiger partial charge in [0, 0.05) is 0 Å². The smallest absolute Gasteiger partial charge is 0.00773 e. The SMILES string of the molecule is C=C.CCCCCCCCCCCCN.O. The molecule has 16 heavy (non-hydrogen) atoms. The Morgan fingerprint density at radius 3 is 1.31 bits per heavy atom. The predicted octanol–water partition coefficient (Wildman–Crippen LogP) is 3.84. The van der Waals surface area contributed by atoms with Crippen molar-refractivity contribution in [2.75, 3.05) is 6.54 Å². The van der Waals surface area contributed by atoms with Gasteiger partial charge in [0.05, 0.1) is 0 Å². The topological polar surface area (TPSA) is 57.5 Å². The van der Waals surface area contributed by atoms with Crippen LogP contribution in [0.15, 0.2) is 13.2 Å². The molecule has 0 radical (unpaired) electrons. The summed E-state index contributed by atoms with van der Waals surface area (Å²) in [6.45, 7) is 9.14. The second kappa shape index (κ2) is 24.1. The van der Waals surface area contributed by atoms with Crippen molar-refractivity contribution in [3.8, 4) is 0 Å². The van der Waals surface area contributed by atoms with Gasteiger partial charge in [-0.1, -0.05) is 64.7 Å². The van der Waals surface area contributed by atoms with E-state index in [1.807, 2.05) is 0 Å². The van der Waals surface area contributed by atoms with Crippen LogP contribution in [0.3, 0.4) is 0 Å². The number of rotatable bonds is 10. The largest absolute Gasteiger partial charge is 0.412 e. The van der Waals surface area contributed by atoms with Crippen molar-refractivity contribution < 1.29 is 5.48 Å². The summed E-state index contributed by atoms with van der Waals surface area (Å²) in [5, 5.41) is 0. The highest BCUT2D eigenvalue weighted by Gasteiger charge is 1.90. The van der Waals surface area contributed by atoms with Gasteiger partial charge in [-0.2, -0.15) is 0 Å². The van der Waals surface area contributed by atoms with Crippen molar-refractivity contribution in [3.63, 3.8) is 0 Å². The molecule has 0 aromatic rings. The summed E-state index contributed by atoms with van der Waals surface area (Å²) in [7, 11) is 0. The summed E-state index contributed by atoms with van der Waals surface area (Å²) in [6.07, 6.45) is 13.9.